The van der Waals surface area contributed by atoms with Gasteiger partial charge in [0, 0.05) is 36.2 Å². The van der Waals surface area contributed by atoms with Crippen LogP contribution < -0.4 is 10.2 Å². The van der Waals surface area contributed by atoms with Gasteiger partial charge in [-0.3, -0.25) is 0 Å². The molecule has 0 aliphatic carbocycles. The molecule has 0 aliphatic heterocycles. The molecule has 0 radical (unpaired) electrons. The predicted octanol–water partition coefficient (Wildman–Crippen LogP) is 4.46. The van der Waals surface area contributed by atoms with Crippen LogP contribution >= 0.6 is 11.6 Å². The van der Waals surface area contributed by atoms with E-state index in [2.05, 4.69) is 41.4 Å². The fourth-order valence-electron chi connectivity index (χ4n) is 1.73. The highest BCUT2D eigenvalue weighted by Gasteiger charge is 2.01. The van der Waals surface area contributed by atoms with E-state index in [1.54, 1.807) is 0 Å². The highest BCUT2D eigenvalue weighted by atomic mass is 35.5. The van der Waals surface area contributed by atoms with Crippen molar-refractivity contribution in [1.82, 2.24) is 0 Å². The van der Waals surface area contributed by atoms with Crippen LogP contribution in [0.15, 0.2) is 42.5 Å². The van der Waals surface area contributed by atoms with Gasteiger partial charge in [-0.25, -0.2) is 0 Å². The highest BCUT2D eigenvalue weighted by Crippen LogP contribution is 2.25. The highest BCUT2D eigenvalue weighted by molar-refractivity contribution is 6.30. The van der Waals surface area contributed by atoms with Crippen LogP contribution in [0.1, 0.15) is 5.56 Å². The molecule has 94 valence electrons. The number of nitrogens with zero attached hydrogens (tertiary/aromatic N) is 1. The molecule has 0 atom stereocenters. The standard InChI is InChI=1S/C15H17ClN2/c1-11-4-5-12(16)10-15(11)17-13-6-8-14(9-7-13)18(2)3/h4-10,17H,1-3H3. The molecule has 0 saturated carbocycles. The average Bonchev–Trinajstić information content (AvgIpc) is 2.34. The third-order valence-corrected chi connectivity index (χ3v) is 3.10. The Kier molecular flexibility index (Phi) is 3.78. The van der Waals surface area contributed by atoms with Crippen LogP contribution in [0.2, 0.25) is 5.02 Å². The number of halogens is 1. The molecule has 0 aliphatic rings. The van der Waals surface area contributed by atoms with Crippen molar-refractivity contribution >= 4 is 28.7 Å². The number of anilines is 3. The van der Waals surface area contributed by atoms with E-state index in [1.165, 1.54) is 11.3 Å². The second-order valence-corrected chi connectivity index (χ2v) is 4.96. The number of nitrogens with one attached hydrogen (secondary N) is 1. The van der Waals surface area contributed by atoms with Gasteiger partial charge in [0.05, 0.1) is 0 Å². The third-order valence-electron chi connectivity index (χ3n) is 2.86. The van der Waals surface area contributed by atoms with Crippen LogP contribution in [0, 0.1) is 6.92 Å². The van der Waals surface area contributed by atoms with Crippen molar-refractivity contribution < 1.29 is 0 Å². The number of hydrogen-bond acceptors (Lipinski definition) is 2. The Morgan fingerprint density at radius 3 is 2.28 bits per heavy atom. The van der Waals surface area contributed by atoms with E-state index in [0.29, 0.717) is 0 Å². The lowest BCUT2D eigenvalue weighted by Crippen LogP contribution is -2.08. The number of rotatable bonds is 3. The van der Waals surface area contributed by atoms with Gasteiger partial charge in [0.1, 0.15) is 0 Å². The molecular formula is C15H17ClN2. The van der Waals surface area contributed by atoms with Crippen LogP contribution in [0.3, 0.4) is 0 Å². The molecule has 0 unspecified atom stereocenters. The molecule has 0 saturated heterocycles. The normalized spacial score (nSPS) is 10.2. The van der Waals surface area contributed by atoms with E-state index in [9.17, 15) is 0 Å². The van der Waals surface area contributed by atoms with Crippen molar-refractivity contribution in [1.29, 1.82) is 0 Å². The van der Waals surface area contributed by atoms with Crippen molar-refractivity contribution in [3.63, 3.8) is 0 Å². The van der Waals surface area contributed by atoms with Crippen LogP contribution in [0.5, 0.6) is 0 Å². The van der Waals surface area contributed by atoms with Gasteiger partial charge in [0.15, 0.2) is 0 Å². The topological polar surface area (TPSA) is 15.3 Å². The molecule has 2 aromatic rings. The molecule has 18 heavy (non-hydrogen) atoms. The van der Waals surface area contributed by atoms with Crippen LogP contribution in [0.25, 0.3) is 0 Å². The molecule has 0 spiro atoms. The minimum Gasteiger partial charge on any atom is -0.378 e. The van der Waals surface area contributed by atoms with Crippen molar-refractivity contribution in [2.45, 2.75) is 6.92 Å². The van der Waals surface area contributed by atoms with E-state index in [4.69, 9.17) is 11.6 Å². The van der Waals surface area contributed by atoms with Gasteiger partial charge in [-0.05, 0) is 48.9 Å². The summed E-state index contributed by atoms with van der Waals surface area (Å²) in [6.07, 6.45) is 0. The maximum absolute atomic E-state index is 6.00. The molecule has 0 aromatic heterocycles. The fourth-order valence-corrected chi connectivity index (χ4v) is 1.90. The lowest BCUT2D eigenvalue weighted by molar-refractivity contribution is 1.13. The van der Waals surface area contributed by atoms with Gasteiger partial charge in [-0.2, -0.15) is 0 Å². The Bertz CT molecular complexity index is 533. The molecule has 0 heterocycles. The summed E-state index contributed by atoms with van der Waals surface area (Å²) in [5.74, 6) is 0. The summed E-state index contributed by atoms with van der Waals surface area (Å²) in [7, 11) is 4.06. The zero-order valence-corrected chi connectivity index (χ0v) is 11.6. The zero-order chi connectivity index (χ0) is 13.1. The summed E-state index contributed by atoms with van der Waals surface area (Å²) in [4.78, 5) is 2.08. The zero-order valence-electron chi connectivity index (χ0n) is 10.9. The largest absolute Gasteiger partial charge is 0.378 e. The molecule has 2 rings (SSSR count). The van der Waals surface area contributed by atoms with E-state index in [0.717, 1.165) is 16.4 Å². The van der Waals surface area contributed by atoms with Crippen molar-refractivity contribution in [2.24, 2.45) is 0 Å². The lowest BCUT2D eigenvalue weighted by atomic mass is 10.2. The maximum Gasteiger partial charge on any atom is 0.0428 e. The summed E-state index contributed by atoms with van der Waals surface area (Å²) in [6.45, 7) is 2.06. The molecule has 2 nitrogen and oxygen atoms in total. The quantitative estimate of drug-likeness (QED) is 0.877. The molecule has 0 fully saturated rings. The van der Waals surface area contributed by atoms with Crippen LogP contribution in [-0.4, -0.2) is 14.1 Å². The molecule has 2 aromatic carbocycles. The summed E-state index contributed by atoms with van der Waals surface area (Å²) >= 11 is 6.00. The van der Waals surface area contributed by atoms with Crippen molar-refractivity contribution in [3.8, 4) is 0 Å². The summed E-state index contributed by atoms with van der Waals surface area (Å²) in [5.41, 5.74) is 4.46. The van der Waals surface area contributed by atoms with Crippen LogP contribution in [0.4, 0.5) is 17.1 Å². The minimum atomic E-state index is 0.744. The minimum absolute atomic E-state index is 0.744. The first-order chi connectivity index (χ1) is 8.56. The Morgan fingerprint density at radius 2 is 1.67 bits per heavy atom. The van der Waals surface area contributed by atoms with Gasteiger partial charge in [0.2, 0.25) is 0 Å². The van der Waals surface area contributed by atoms with Gasteiger partial charge >= 0.3 is 0 Å². The van der Waals surface area contributed by atoms with Gasteiger partial charge < -0.3 is 10.2 Å². The lowest BCUT2D eigenvalue weighted by Gasteiger charge is -2.14. The third kappa shape index (κ3) is 2.96. The SMILES string of the molecule is Cc1ccc(Cl)cc1Nc1ccc(N(C)C)cc1. The first-order valence-corrected chi connectivity index (χ1v) is 6.24. The summed E-state index contributed by atoms with van der Waals surface area (Å²) in [5, 5.41) is 4.12. The Morgan fingerprint density at radius 1 is 1.00 bits per heavy atom. The molecule has 3 heteroatoms. The second kappa shape index (κ2) is 5.32. The second-order valence-electron chi connectivity index (χ2n) is 4.53. The molecule has 0 amide bonds. The smallest absolute Gasteiger partial charge is 0.0428 e. The maximum atomic E-state index is 6.00. The van der Waals surface area contributed by atoms with E-state index >= 15 is 0 Å². The monoisotopic (exact) mass is 260 g/mol. The van der Waals surface area contributed by atoms with Gasteiger partial charge in [0.25, 0.3) is 0 Å². The van der Waals surface area contributed by atoms with Crippen molar-refractivity contribution in [3.05, 3.63) is 53.1 Å². The predicted molar refractivity (Wildman–Crippen MR) is 80.2 cm³/mol. The first-order valence-electron chi connectivity index (χ1n) is 5.87. The first kappa shape index (κ1) is 12.8. The average molecular weight is 261 g/mol. The fraction of sp³-hybridized carbons (Fsp3) is 0.200. The summed E-state index contributed by atoms with van der Waals surface area (Å²) < 4.78 is 0. The van der Waals surface area contributed by atoms with Crippen molar-refractivity contribution in [2.75, 3.05) is 24.3 Å². The molecular weight excluding hydrogens is 244 g/mol. The summed E-state index contributed by atoms with van der Waals surface area (Å²) in [6, 6.07) is 14.2. The number of aryl methyl sites for hydroxylation is 1. The van der Waals surface area contributed by atoms with E-state index in [1.807, 2.05) is 32.3 Å². The number of benzene rings is 2. The van der Waals surface area contributed by atoms with E-state index < -0.39 is 0 Å². The van der Waals surface area contributed by atoms with Gasteiger partial charge in [-0.15, -0.1) is 0 Å². The number of hydrogen-bond donors (Lipinski definition) is 1. The Balaban J connectivity index is 2.21. The van der Waals surface area contributed by atoms with Gasteiger partial charge in [-0.1, -0.05) is 17.7 Å². The van der Waals surface area contributed by atoms with E-state index in [-0.39, 0.29) is 0 Å². The Labute approximate surface area is 113 Å². The molecule has 1 N–H and O–H groups in total. The van der Waals surface area contributed by atoms with Crippen LogP contribution in [-0.2, 0) is 0 Å². The Hall–Kier alpha value is -1.67. The molecule has 0 bridgehead atoms.